The number of amidine groups is 1. The number of hydrogen-bond acceptors (Lipinski definition) is 3. The van der Waals surface area contributed by atoms with Crippen LogP contribution in [-0.4, -0.2) is 24.0 Å². The smallest absolute Gasteiger partial charge is 0.240 e. The number of benzene rings is 1. The van der Waals surface area contributed by atoms with Crippen LogP contribution in [0.4, 0.5) is 5.69 Å². The topological polar surface area (TPSA) is 78.9 Å². The van der Waals surface area contributed by atoms with Gasteiger partial charge in [0.25, 0.3) is 0 Å². The Morgan fingerprint density at radius 3 is 2.35 bits per heavy atom. The van der Waals surface area contributed by atoms with Crippen LogP contribution in [0.1, 0.15) is 13.8 Å². The van der Waals surface area contributed by atoms with Crippen molar-refractivity contribution in [2.75, 3.05) is 11.9 Å². The number of nitrogens with zero attached hydrogens (tertiary/aromatic N) is 2. The van der Waals surface area contributed by atoms with Crippen molar-refractivity contribution >= 4 is 17.4 Å². The third-order valence-electron chi connectivity index (χ3n) is 2.73. The zero-order valence-electron chi connectivity index (χ0n) is 10.2. The second-order valence-corrected chi connectivity index (χ2v) is 4.31. The van der Waals surface area contributed by atoms with E-state index in [1.807, 2.05) is 30.3 Å². The van der Waals surface area contributed by atoms with Crippen molar-refractivity contribution in [2.24, 2.45) is 16.3 Å². The van der Waals surface area contributed by atoms with Crippen LogP contribution in [-0.2, 0) is 4.79 Å². The van der Waals surface area contributed by atoms with Crippen molar-refractivity contribution in [1.29, 1.82) is 0 Å². The van der Waals surface area contributed by atoms with E-state index in [0.29, 0.717) is 0 Å². The molecule has 0 saturated carbocycles. The van der Waals surface area contributed by atoms with Gasteiger partial charge in [0, 0.05) is 12.7 Å². The van der Waals surface area contributed by atoms with Crippen LogP contribution in [0, 0.1) is 5.41 Å². The second kappa shape index (κ2) is 4.86. The van der Waals surface area contributed by atoms with Gasteiger partial charge in [-0.15, -0.1) is 0 Å². The van der Waals surface area contributed by atoms with Gasteiger partial charge in [-0.05, 0) is 26.0 Å². The lowest BCUT2D eigenvalue weighted by Gasteiger charge is -2.28. The first-order valence-electron chi connectivity index (χ1n) is 5.22. The average Bonchev–Trinajstić information content (AvgIpc) is 2.36. The fraction of sp³-hybridized carbons (Fsp3) is 0.333. The molecular formula is C12H17N3O2. The molecule has 1 aromatic rings. The highest BCUT2D eigenvalue weighted by Gasteiger charge is 2.35. The molecule has 1 aromatic carbocycles. The van der Waals surface area contributed by atoms with Crippen LogP contribution >= 0.6 is 0 Å². The third kappa shape index (κ3) is 2.55. The van der Waals surface area contributed by atoms with Crippen molar-refractivity contribution in [3.63, 3.8) is 0 Å². The zero-order chi connectivity index (χ0) is 13.1. The number of carbonyl (C=O) groups is 1. The molecule has 0 unspecified atom stereocenters. The number of hydrogen-bond donors (Lipinski definition) is 2. The van der Waals surface area contributed by atoms with Gasteiger partial charge in [-0.2, -0.15) is 0 Å². The molecule has 0 aliphatic carbocycles. The van der Waals surface area contributed by atoms with Gasteiger partial charge in [0.2, 0.25) is 5.91 Å². The summed E-state index contributed by atoms with van der Waals surface area (Å²) in [5.74, 6) is -0.343. The maximum absolute atomic E-state index is 12.2. The molecule has 5 heteroatoms. The van der Waals surface area contributed by atoms with Crippen molar-refractivity contribution < 1.29 is 10.0 Å². The van der Waals surface area contributed by atoms with Crippen molar-refractivity contribution in [2.45, 2.75) is 13.8 Å². The van der Waals surface area contributed by atoms with Gasteiger partial charge in [0.05, 0.1) is 0 Å². The lowest BCUT2D eigenvalue weighted by atomic mass is 9.90. The molecule has 0 spiro atoms. The predicted molar refractivity (Wildman–Crippen MR) is 67.0 cm³/mol. The number of anilines is 1. The van der Waals surface area contributed by atoms with E-state index in [-0.39, 0.29) is 11.7 Å². The molecule has 0 radical (unpaired) electrons. The van der Waals surface area contributed by atoms with E-state index < -0.39 is 5.41 Å². The summed E-state index contributed by atoms with van der Waals surface area (Å²) < 4.78 is 0. The lowest BCUT2D eigenvalue weighted by Crippen LogP contribution is -2.46. The molecule has 1 rings (SSSR count). The largest absolute Gasteiger partial charge is 0.409 e. The van der Waals surface area contributed by atoms with E-state index in [1.165, 1.54) is 4.90 Å². The number of oxime groups is 1. The minimum Gasteiger partial charge on any atom is -0.409 e. The number of rotatable bonds is 3. The highest BCUT2D eigenvalue weighted by atomic mass is 16.4. The van der Waals surface area contributed by atoms with Crippen LogP contribution in [0.25, 0.3) is 0 Å². The normalized spacial score (nSPS) is 12.3. The molecule has 92 valence electrons. The van der Waals surface area contributed by atoms with Gasteiger partial charge >= 0.3 is 0 Å². The Morgan fingerprint density at radius 1 is 1.35 bits per heavy atom. The molecule has 0 aromatic heterocycles. The monoisotopic (exact) mass is 235 g/mol. The Kier molecular flexibility index (Phi) is 3.73. The summed E-state index contributed by atoms with van der Waals surface area (Å²) in [4.78, 5) is 13.7. The summed E-state index contributed by atoms with van der Waals surface area (Å²) in [6.45, 7) is 3.23. The third-order valence-corrected chi connectivity index (χ3v) is 2.73. The zero-order valence-corrected chi connectivity index (χ0v) is 10.2. The van der Waals surface area contributed by atoms with Crippen LogP contribution < -0.4 is 10.6 Å². The molecule has 17 heavy (non-hydrogen) atoms. The van der Waals surface area contributed by atoms with Crippen LogP contribution in [0.3, 0.4) is 0 Å². The highest BCUT2D eigenvalue weighted by molar-refractivity contribution is 6.11. The fourth-order valence-electron chi connectivity index (χ4n) is 1.42. The number of nitrogens with two attached hydrogens (primary N) is 1. The first-order valence-corrected chi connectivity index (χ1v) is 5.22. The standard InChI is InChI=1S/C12H17N3O2/c1-12(2,10(13)14-17)11(16)15(3)9-7-5-4-6-8-9/h4-8,17H,1-3H3,(H2,13,14). The highest BCUT2D eigenvalue weighted by Crippen LogP contribution is 2.22. The summed E-state index contributed by atoms with van der Waals surface area (Å²) in [5.41, 5.74) is 5.24. The van der Waals surface area contributed by atoms with Crippen molar-refractivity contribution in [3.05, 3.63) is 30.3 Å². The van der Waals surface area contributed by atoms with Gasteiger partial charge in [-0.1, -0.05) is 23.4 Å². The summed E-state index contributed by atoms with van der Waals surface area (Å²) >= 11 is 0. The minimum atomic E-state index is -1.04. The Hall–Kier alpha value is -2.04. The molecule has 0 bridgehead atoms. The Labute approximate surface area is 101 Å². The van der Waals surface area contributed by atoms with E-state index in [1.54, 1.807) is 20.9 Å². The van der Waals surface area contributed by atoms with Crippen LogP contribution in [0.15, 0.2) is 35.5 Å². The molecule has 3 N–H and O–H groups in total. The Balaban J connectivity index is 2.99. The molecule has 0 aliphatic rings. The lowest BCUT2D eigenvalue weighted by molar-refractivity contribution is -0.123. The summed E-state index contributed by atoms with van der Waals surface area (Å²) in [6.07, 6.45) is 0. The van der Waals surface area contributed by atoms with E-state index in [2.05, 4.69) is 5.16 Å². The molecule has 0 heterocycles. The molecule has 1 amide bonds. The Morgan fingerprint density at radius 2 is 1.88 bits per heavy atom. The maximum atomic E-state index is 12.2. The molecule has 0 atom stereocenters. The quantitative estimate of drug-likeness (QED) is 0.360. The van der Waals surface area contributed by atoms with Crippen LogP contribution in [0.2, 0.25) is 0 Å². The number of carbonyl (C=O) groups excluding carboxylic acids is 1. The summed E-state index contributed by atoms with van der Waals surface area (Å²) in [7, 11) is 1.66. The van der Waals surface area contributed by atoms with Gasteiger partial charge in [0.1, 0.15) is 5.41 Å². The van der Waals surface area contributed by atoms with Gasteiger partial charge in [-0.3, -0.25) is 4.79 Å². The predicted octanol–water partition coefficient (Wildman–Crippen LogP) is 1.42. The first-order chi connectivity index (χ1) is 7.91. The maximum Gasteiger partial charge on any atom is 0.240 e. The second-order valence-electron chi connectivity index (χ2n) is 4.31. The fourth-order valence-corrected chi connectivity index (χ4v) is 1.42. The van der Waals surface area contributed by atoms with E-state index in [4.69, 9.17) is 10.9 Å². The minimum absolute atomic E-state index is 0.106. The molecule has 0 aliphatic heterocycles. The van der Waals surface area contributed by atoms with E-state index >= 15 is 0 Å². The number of para-hydroxylation sites is 1. The summed E-state index contributed by atoms with van der Waals surface area (Å²) in [6, 6.07) is 9.20. The summed E-state index contributed by atoms with van der Waals surface area (Å²) in [5, 5.41) is 11.6. The van der Waals surface area contributed by atoms with Crippen molar-refractivity contribution in [3.8, 4) is 0 Å². The van der Waals surface area contributed by atoms with E-state index in [9.17, 15) is 4.79 Å². The van der Waals surface area contributed by atoms with E-state index in [0.717, 1.165) is 5.69 Å². The molecule has 0 fully saturated rings. The molecule has 5 nitrogen and oxygen atoms in total. The van der Waals surface area contributed by atoms with Crippen LogP contribution in [0.5, 0.6) is 0 Å². The molecular weight excluding hydrogens is 218 g/mol. The first kappa shape index (κ1) is 13.0. The molecule has 0 saturated heterocycles. The van der Waals surface area contributed by atoms with Gasteiger partial charge < -0.3 is 15.8 Å². The average molecular weight is 235 g/mol. The number of amides is 1. The van der Waals surface area contributed by atoms with Crippen molar-refractivity contribution in [1.82, 2.24) is 0 Å². The van der Waals surface area contributed by atoms with Gasteiger partial charge in [0.15, 0.2) is 5.84 Å². The Bertz CT molecular complexity index is 427. The SMILES string of the molecule is CN(C(=O)C(C)(C)C(N)=NO)c1ccccc1. The van der Waals surface area contributed by atoms with Gasteiger partial charge in [-0.25, -0.2) is 0 Å².